The lowest BCUT2D eigenvalue weighted by atomic mass is 10.1. The highest BCUT2D eigenvalue weighted by Crippen LogP contribution is 2.30. The van der Waals surface area contributed by atoms with Crippen molar-refractivity contribution in [2.75, 3.05) is 20.8 Å². The Hall–Kier alpha value is -1.07. The third-order valence-electron chi connectivity index (χ3n) is 3.83. The van der Waals surface area contributed by atoms with Gasteiger partial charge in [-0.2, -0.15) is 8.42 Å². The number of methoxy groups -OCH3 is 2. The first-order valence-electron chi connectivity index (χ1n) is 7.34. The van der Waals surface area contributed by atoms with Crippen molar-refractivity contribution in [3.8, 4) is 0 Å². The van der Waals surface area contributed by atoms with Crippen LogP contribution in [0.25, 0.3) is 0 Å². The Labute approximate surface area is 141 Å². The van der Waals surface area contributed by atoms with Crippen molar-refractivity contribution in [3.05, 3.63) is 29.8 Å². The summed E-state index contributed by atoms with van der Waals surface area (Å²) in [5.41, 5.74) is 0.898. The van der Waals surface area contributed by atoms with Gasteiger partial charge in [0.2, 0.25) is 0 Å². The molecule has 8 nitrogen and oxygen atoms in total. The van der Waals surface area contributed by atoms with Gasteiger partial charge in [0.1, 0.15) is 24.4 Å². The molecule has 0 aliphatic carbocycles. The van der Waals surface area contributed by atoms with Gasteiger partial charge >= 0.3 is 0 Å². The highest BCUT2D eigenvalue weighted by atomic mass is 32.2. The first-order chi connectivity index (χ1) is 11.3. The fourth-order valence-corrected chi connectivity index (χ4v) is 3.62. The molecule has 1 aromatic rings. The Morgan fingerprint density at radius 3 is 2.29 bits per heavy atom. The molecule has 0 amide bonds. The molecule has 0 unspecified atom stereocenters. The van der Waals surface area contributed by atoms with Crippen molar-refractivity contribution in [1.29, 1.82) is 0 Å². The number of hydrogen-bond donors (Lipinski definition) is 2. The Morgan fingerprint density at radius 2 is 1.79 bits per heavy atom. The summed E-state index contributed by atoms with van der Waals surface area (Å²) in [6.45, 7) is 1.33. The molecule has 0 bridgehead atoms. The van der Waals surface area contributed by atoms with Crippen LogP contribution in [0.3, 0.4) is 0 Å². The monoisotopic (exact) mass is 362 g/mol. The minimum absolute atomic E-state index is 0.0436. The maximum absolute atomic E-state index is 12.5. The zero-order valence-electron chi connectivity index (χ0n) is 13.7. The van der Waals surface area contributed by atoms with E-state index in [9.17, 15) is 18.6 Å². The minimum Gasteiger partial charge on any atom is -0.394 e. The van der Waals surface area contributed by atoms with E-state index in [2.05, 4.69) is 0 Å². The molecule has 0 aromatic heterocycles. The maximum Gasteiger partial charge on any atom is 0.297 e. The summed E-state index contributed by atoms with van der Waals surface area (Å²) >= 11 is 0. The highest BCUT2D eigenvalue weighted by Gasteiger charge is 2.50. The average Bonchev–Trinajstić information content (AvgIpc) is 2.85. The van der Waals surface area contributed by atoms with E-state index in [0.717, 1.165) is 5.56 Å². The van der Waals surface area contributed by atoms with E-state index in [1.165, 1.54) is 26.4 Å². The van der Waals surface area contributed by atoms with E-state index in [0.29, 0.717) is 0 Å². The van der Waals surface area contributed by atoms with Gasteiger partial charge in [-0.15, -0.1) is 0 Å². The number of benzene rings is 1. The van der Waals surface area contributed by atoms with Gasteiger partial charge in [-0.25, -0.2) is 0 Å². The molecule has 0 spiro atoms. The lowest BCUT2D eigenvalue weighted by molar-refractivity contribution is -0.191. The number of aliphatic hydroxyl groups is 2. The highest BCUT2D eigenvalue weighted by molar-refractivity contribution is 7.86. The standard InChI is InChI=1S/C15H22O8S/c1-9-4-6-10(7-5-9)24(18,19)23-13-12(17)11(8-16)22-14(13)15(20-2)21-3/h4-7,11-17H,8H2,1-3H3/t11-,12+,13-,14+/m0/s1. The van der Waals surface area contributed by atoms with Crippen molar-refractivity contribution in [3.63, 3.8) is 0 Å². The number of rotatable bonds is 7. The molecule has 136 valence electrons. The quantitative estimate of drug-likeness (QED) is 0.507. The van der Waals surface area contributed by atoms with Gasteiger partial charge in [-0.1, -0.05) is 17.7 Å². The van der Waals surface area contributed by atoms with Crippen molar-refractivity contribution in [1.82, 2.24) is 0 Å². The van der Waals surface area contributed by atoms with Gasteiger partial charge in [0.05, 0.1) is 11.5 Å². The van der Waals surface area contributed by atoms with Gasteiger partial charge < -0.3 is 24.4 Å². The van der Waals surface area contributed by atoms with Crippen LogP contribution < -0.4 is 0 Å². The van der Waals surface area contributed by atoms with Gasteiger partial charge in [0.25, 0.3) is 10.1 Å². The fourth-order valence-electron chi connectivity index (χ4n) is 2.52. The number of hydrogen-bond acceptors (Lipinski definition) is 8. The summed E-state index contributed by atoms with van der Waals surface area (Å²) in [6, 6.07) is 6.10. The second-order valence-corrected chi connectivity index (χ2v) is 7.05. The van der Waals surface area contributed by atoms with E-state index in [-0.39, 0.29) is 4.90 Å². The Kier molecular flexibility index (Phi) is 6.32. The maximum atomic E-state index is 12.5. The Morgan fingerprint density at radius 1 is 1.21 bits per heavy atom. The van der Waals surface area contributed by atoms with Crippen molar-refractivity contribution in [2.24, 2.45) is 0 Å². The molecule has 1 aliphatic rings. The van der Waals surface area contributed by atoms with Gasteiger partial charge in [0, 0.05) is 14.2 Å². The Balaban J connectivity index is 2.27. The van der Waals surface area contributed by atoms with Gasteiger partial charge in [-0.3, -0.25) is 4.18 Å². The second-order valence-electron chi connectivity index (χ2n) is 5.48. The van der Waals surface area contributed by atoms with Crippen LogP contribution in [0.15, 0.2) is 29.2 Å². The van der Waals surface area contributed by atoms with Crippen LogP contribution in [0.5, 0.6) is 0 Å². The first kappa shape index (κ1) is 19.3. The van der Waals surface area contributed by atoms with Crippen LogP contribution >= 0.6 is 0 Å². The van der Waals surface area contributed by atoms with E-state index in [4.69, 9.17) is 18.4 Å². The summed E-state index contributed by atoms with van der Waals surface area (Å²) in [7, 11) is -1.44. The molecule has 2 rings (SSSR count). The largest absolute Gasteiger partial charge is 0.394 e. The molecule has 9 heteroatoms. The summed E-state index contributed by atoms with van der Waals surface area (Å²) in [5.74, 6) is 0. The number of aliphatic hydroxyl groups excluding tert-OH is 2. The van der Waals surface area contributed by atoms with E-state index < -0.39 is 47.4 Å². The molecule has 0 radical (unpaired) electrons. The molecular weight excluding hydrogens is 340 g/mol. The third-order valence-corrected chi connectivity index (χ3v) is 5.16. The molecule has 1 saturated heterocycles. The fraction of sp³-hybridized carbons (Fsp3) is 0.600. The average molecular weight is 362 g/mol. The van der Waals surface area contributed by atoms with Crippen LogP contribution in [-0.4, -0.2) is 70.2 Å². The lowest BCUT2D eigenvalue weighted by Crippen LogP contribution is -2.43. The van der Waals surface area contributed by atoms with Crippen molar-refractivity contribution >= 4 is 10.1 Å². The number of aryl methyl sites for hydroxylation is 1. The molecule has 0 saturated carbocycles. The molecule has 1 aromatic carbocycles. The topological polar surface area (TPSA) is 112 Å². The summed E-state index contributed by atoms with van der Waals surface area (Å²) in [4.78, 5) is -0.0436. The van der Waals surface area contributed by atoms with E-state index in [1.807, 2.05) is 6.92 Å². The summed E-state index contributed by atoms with van der Waals surface area (Å²) in [5, 5.41) is 19.5. The molecular formula is C15H22O8S. The summed E-state index contributed by atoms with van der Waals surface area (Å²) in [6.07, 6.45) is -5.62. The molecule has 2 N–H and O–H groups in total. The molecule has 4 atom stereocenters. The molecule has 1 fully saturated rings. The van der Waals surface area contributed by atoms with Crippen LogP contribution in [0.1, 0.15) is 5.56 Å². The third kappa shape index (κ3) is 3.94. The van der Waals surface area contributed by atoms with Crippen molar-refractivity contribution in [2.45, 2.75) is 42.5 Å². The molecule has 1 aliphatic heterocycles. The van der Waals surface area contributed by atoms with Gasteiger partial charge in [-0.05, 0) is 19.1 Å². The zero-order chi connectivity index (χ0) is 17.9. The van der Waals surface area contributed by atoms with E-state index >= 15 is 0 Å². The van der Waals surface area contributed by atoms with Crippen LogP contribution in [0.4, 0.5) is 0 Å². The van der Waals surface area contributed by atoms with E-state index in [1.54, 1.807) is 12.1 Å². The summed E-state index contributed by atoms with van der Waals surface area (Å²) < 4.78 is 45.7. The first-order valence-corrected chi connectivity index (χ1v) is 8.74. The number of ether oxygens (including phenoxy) is 3. The predicted molar refractivity (Wildman–Crippen MR) is 82.8 cm³/mol. The zero-order valence-corrected chi connectivity index (χ0v) is 14.5. The minimum atomic E-state index is -4.14. The smallest absolute Gasteiger partial charge is 0.297 e. The van der Waals surface area contributed by atoms with Crippen LogP contribution in [0.2, 0.25) is 0 Å². The van der Waals surface area contributed by atoms with Crippen LogP contribution in [-0.2, 0) is 28.5 Å². The predicted octanol–water partition coefficient (Wildman–Crippen LogP) is -0.192. The molecule has 24 heavy (non-hydrogen) atoms. The normalized spacial score (nSPS) is 27.8. The Bertz CT molecular complexity index is 625. The van der Waals surface area contributed by atoms with Crippen molar-refractivity contribution < 1.29 is 37.0 Å². The molecule has 1 heterocycles. The second kappa shape index (κ2) is 7.87. The van der Waals surface area contributed by atoms with Gasteiger partial charge in [0.15, 0.2) is 6.29 Å². The lowest BCUT2D eigenvalue weighted by Gasteiger charge is -2.25. The SMILES string of the molecule is COC(OC)[C@@H]1O[C@@H](CO)[C@@H](O)[C@@H]1OS(=O)(=O)c1ccc(C)cc1. The van der Waals surface area contributed by atoms with Crippen LogP contribution in [0, 0.1) is 6.92 Å².